The van der Waals surface area contributed by atoms with Crippen LogP contribution in [0.15, 0.2) is 46.3 Å². The summed E-state index contributed by atoms with van der Waals surface area (Å²) in [5, 5.41) is 2.81. The molecule has 1 aromatic carbocycles. The summed E-state index contributed by atoms with van der Waals surface area (Å²) in [5.41, 5.74) is 2.20. The maximum absolute atomic E-state index is 12.9. The van der Waals surface area contributed by atoms with Crippen LogP contribution in [0, 0.1) is 6.92 Å². The Morgan fingerprint density at radius 2 is 2.14 bits per heavy atom. The Kier molecular flexibility index (Phi) is 5.05. The fourth-order valence-corrected chi connectivity index (χ4v) is 4.07. The van der Waals surface area contributed by atoms with Crippen molar-refractivity contribution in [2.24, 2.45) is 0 Å². The molecule has 4 aromatic rings. The van der Waals surface area contributed by atoms with Gasteiger partial charge in [0.1, 0.15) is 22.8 Å². The number of aryl methyl sites for hydroxylation is 1. The number of carbonyl (C=O) groups excluding carboxylic acids is 1. The first-order valence-corrected chi connectivity index (χ1v) is 10.2. The van der Waals surface area contributed by atoms with E-state index in [1.807, 2.05) is 49.7 Å². The number of carbonyl (C=O) groups is 1. The smallest absolute Gasteiger partial charge is 0.257 e. The Morgan fingerprint density at radius 1 is 1.29 bits per heavy atom. The van der Waals surface area contributed by atoms with Gasteiger partial charge in [0.25, 0.3) is 5.91 Å². The van der Waals surface area contributed by atoms with E-state index in [4.69, 9.17) is 9.15 Å². The minimum atomic E-state index is -0.00667. The molecule has 0 saturated heterocycles. The van der Waals surface area contributed by atoms with Gasteiger partial charge in [-0.05, 0) is 36.9 Å². The molecule has 0 radical (unpaired) electrons. The number of amides is 1. The van der Waals surface area contributed by atoms with E-state index >= 15 is 0 Å². The van der Waals surface area contributed by atoms with Gasteiger partial charge in [0.15, 0.2) is 0 Å². The van der Waals surface area contributed by atoms with Crippen LogP contribution in [-0.2, 0) is 0 Å². The molecule has 0 aliphatic rings. The van der Waals surface area contributed by atoms with Gasteiger partial charge >= 0.3 is 0 Å². The highest BCUT2D eigenvalue weighted by Gasteiger charge is 2.21. The summed E-state index contributed by atoms with van der Waals surface area (Å²) >= 11 is 1.60. The summed E-state index contributed by atoms with van der Waals surface area (Å²) < 4.78 is 13.0. The van der Waals surface area contributed by atoms with Gasteiger partial charge < -0.3 is 14.1 Å². The summed E-state index contributed by atoms with van der Waals surface area (Å²) in [6.45, 7) is 4.69. The fraction of sp³-hybridized carbons (Fsp3) is 0.273. The second kappa shape index (κ2) is 7.64. The van der Waals surface area contributed by atoms with Crippen LogP contribution in [0.4, 0.5) is 0 Å². The molecule has 0 unspecified atom stereocenters. The van der Waals surface area contributed by atoms with Crippen LogP contribution < -0.4 is 4.74 Å². The van der Waals surface area contributed by atoms with E-state index in [1.54, 1.807) is 22.4 Å². The lowest BCUT2D eigenvalue weighted by atomic mass is 10.1. The monoisotopic (exact) mass is 394 g/mol. The van der Waals surface area contributed by atoms with Crippen LogP contribution in [0.3, 0.4) is 0 Å². The Balaban J connectivity index is 1.65. The van der Waals surface area contributed by atoms with Gasteiger partial charge in [0, 0.05) is 37.3 Å². The number of thiophene rings is 1. The third kappa shape index (κ3) is 3.36. The first-order chi connectivity index (χ1) is 13.6. The van der Waals surface area contributed by atoms with E-state index in [0.29, 0.717) is 22.7 Å². The molecule has 3 heterocycles. The van der Waals surface area contributed by atoms with Crippen molar-refractivity contribution in [3.05, 3.63) is 53.2 Å². The summed E-state index contributed by atoms with van der Waals surface area (Å²) in [6.07, 6.45) is 3.77. The van der Waals surface area contributed by atoms with E-state index in [1.165, 1.54) is 0 Å². The molecule has 0 aliphatic carbocycles. The zero-order valence-corrected chi connectivity index (χ0v) is 17.0. The number of furan rings is 1. The number of rotatable bonds is 6. The van der Waals surface area contributed by atoms with E-state index in [9.17, 15) is 4.79 Å². The van der Waals surface area contributed by atoms with E-state index in [0.717, 1.165) is 40.7 Å². The average molecular weight is 394 g/mol. The third-order valence-electron chi connectivity index (χ3n) is 4.78. The molecule has 0 N–H and O–H groups in total. The number of hydrogen-bond donors (Lipinski definition) is 0. The molecule has 0 aliphatic heterocycles. The molecule has 144 valence electrons. The van der Waals surface area contributed by atoms with Crippen molar-refractivity contribution in [1.29, 1.82) is 0 Å². The Bertz CT molecular complexity index is 1150. The van der Waals surface area contributed by atoms with E-state index in [-0.39, 0.29) is 5.91 Å². The molecule has 28 heavy (non-hydrogen) atoms. The SMILES string of the molecule is CCCCN(C)C(=O)c1c(C)oc2cc(Oc3ccnc4ccsc34)ccc12. The van der Waals surface area contributed by atoms with Gasteiger partial charge in [-0.1, -0.05) is 13.3 Å². The van der Waals surface area contributed by atoms with Gasteiger partial charge in [0.05, 0.1) is 15.8 Å². The maximum atomic E-state index is 12.9. The van der Waals surface area contributed by atoms with Gasteiger partial charge in [0.2, 0.25) is 0 Å². The Labute approximate surface area is 167 Å². The normalized spacial score (nSPS) is 11.2. The molecular weight excluding hydrogens is 372 g/mol. The number of benzene rings is 1. The van der Waals surface area contributed by atoms with E-state index in [2.05, 4.69) is 11.9 Å². The minimum Gasteiger partial charge on any atom is -0.460 e. The number of aromatic nitrogens is 1. The predicted molar refractivity (Wildman–Crippen MR) is 113 cm³/mol. The summed E-state index contributed by atoms with van der Waals surface area (Å²) in [7, 11) is 1.84. The molecule has 0 atom stereocenters. The van der Waals surface area contributed by atoms with Crippen molar-refractivity contribution >= 4 is 38.4 Å². The number of unbranched alkanes of at least 4 members (excludes halogenated alkanes) is 1. The topological polar surface area (TPSA) is 55.6 Å². The molecule has 6 heteroatoms. The largest absolute Gasteiger partial charge is 0.460 e. The minimum absolute atomic E-state index is 0.00667. The van der Waals surface area contributed by atoms with Gasteiger partial charge in [-0.2, -0.15) is 0 Å². The van der Waals surface area contributed by atoms with Crippen molar-refractivity contribution < 1.29 is 13.9 Å². The second-order valence-electron chi connectivity index (χ2n) is 6.82. The van der Waals surface area contributed by atoms with Gasteiger partial charge in [-0.3, -0.25) is 9.78 Å². The molecule has 5 nitrogen and oxygen atoms in total. The summed E-state index contributed by atoms with van der Waals surface area (Å²) in [5.74, 6) is 2.05. The third-order valence-corrected chi connectivity index (χ3v) is 5.70. The molecule has 4 rings (SSSR count). The highest BCUT2D eigenvalue weighted by atomic mass is 32.1. The van der Waals surface area contributed by atoms with Crippen LogP contribution in [-0.4, -0.2) is 29.4 Å². The van der Waals surface area contributed by atoms with Crippen LogP contribution >= 0.6 is 11.3 Å². The van der Waals surface area contributed by atoms with Crippen molar-refractivity contribution in [3.63, 3.8) is 0 Å². The lowest BCUT2D eigenvalue weighted by Crippen LogP contribution is -2.27. The maximum Gasteiger partial charge on any atom is 0.257 e. The number of nitrogens with zero attached hydrogens (tertiary/aromatic N) is 2. The summed E-state index contributed by atoms with van der Waals surface area (Å²) in [6, 6.07) is 9.44. The van der Waals surface area contributed by atoms with Crippen LogP contribution in [0.25, 0.3) is 21.2 Å². The molecule has 0 saturated carbocycles. The molecule has 3 aromatic heterocycles. The number of fused-ring (bicyclic) bond motifs is 2. The van der Waals surface area contributed by atoms with Crippen molar-refractivity contribution in [2.45, 2.75) is 26.7 Å². The average Bonchev–Trinajstić information content (AvgIpc) is 3.29. The first kappa shape index (κ1) is 18.5. The lowest BCUT2D eigenvalue weighted by molar-refractivity contribution is 0.0793. The molecule has 0 bridgehead atoms. The van der Waals surface area contributed by atoms with Crippen LogP contribution in [0.2, 0.25) is 0 Å². The highest BCUT2D eigenvalue weighted by molar-refractivity contribution is 7.17. The quantitative estimate of drug-likeness (QED) is 0.401. The molecule has 1 amide bonds. The molecule has 0 spiro atoms. The number of hydrogen-bond acceptors (Lipinski definition) is 5. The predicted octanol–water partition coefficient (Wildman–Crippen LogP) is 6.02. The van der Waals surface area contributed by atoms with Gasteiger partial charge in [-0.25, -0.2) is 0 Å². The second-order valence-corrected chi connectivity index (χ2v) is 7.73. The van der Waals surface area contributed by atoms with Crippen molar-refractivity contribution in [3.8, 4) is 11.5 Å². The Hall–Kier alpha value is -2.86. The van der Waals surface area contributed by atoms with E-state index < -0.39 is 0 Å². The van der Waals surface area contributed by atoms with Gasteiger partial charge in [-0.15, -0.1) is 11.3 Å². The molecular formula is C22H22N2O3S. The molecule has 0 fully saturated rings. The lowest BCUT2D eigenvalue weighted by Gasteiger charge is -2.16. The number of pyridine rings is 1. The fourth-order valence-electron chi connectivity index (χ4n) is 3.27. The van der Waals surface area contributed by atoms with Crippen molar-refractivity contribution in [2.75, 3.05) is 13.6 Å². The summed E-state index contributed by atoms with van der Waals surface area (Å²) in [4.78, 5) is 19.0. The number of ether oxygens (including phenoxy) is 1. The zero-order valence-electron chi connectivity index (χ0n) is 16.2. The highest BCUT2D eigenvalue weighted by Crippen LogP contribution is 2.35. The zero-order chi connectivity index (χ0) is 19.7. The standard InChI is InChI=1S/C22H22N2O3S/c1-4-5-11-24(3)22(25)20-14(2)26-19-13-15(6-7-16(19)20)27-18-8-10-23-17-9-12-28-21(17)18/h6-10,12-13H,4-5,11H2,1-3H3. The van der Waals surface area contributed by atoms with Crippen molar-refractivity contribution in [1.82, 2.24) is 9.88 Å². The van der Waals surface area contributed by atoms with Crippen LogP contribution in [0.1, 0.15) is 35.9 Å². The first-order valence-electron chi connectivity index (χ1n) is 9.37. The van der Waals surface area contributed by atoms with Crippen LogP contribution in [0.5, 0.6) is 11.5 Å². The Morgan fingerprint density at radius 3 is 2.96 bits per heavy atom.